The maximum atomic E-state index is 12.2. The minimum atomic E-state index is -0.433. The number of aromatic hydroxyl groups is 1. The van der Waals surface area contributed by atoms with Gasteiger partial charge in [0, 0.05) is 30.0 Å². The zero-order chi connectivity index (χ0) is 16.2. The number of carbonyl (C=O) groups excluding carboxylic acids is 1. The first-order valence-corrected chi connectivity index (χ1v) is 8.42. The van der Waals surface area contributed by atoms with E-state index in [1.807, 2.05) is 5.38 Å². The summed E-state index contributed by atoms with van der Waals surface area (Å²) < 4.78 is 5.31. The average molecular weight is 354 g/mol. The number of halogens is 1. The van der Waals surface area contributed by atoms with Crippen molar-refractivity contribution in [3.8, 4) is 5.75 Å². The van der Waals surface area contributed by atoms with Gasteiger partial charge in [-0.25, -0.2) is 4.98 Å². The molecule has 1 fully saturated rings. The van der Waals surface area contributed by atoms with E-state index >= 15 is 0 Å². The van der Waals surface area contributed by atoms with Gasteiger partial charge in [-0.1, -0.05) is 11.6 Å². The first-order chi connectivity index (χ1) is 11.1. The molecule has 1 aliphatic rings. The Labute approximate surface area is 142 Å². The molecule has 3 rings (SSSR count). The van der Waals surface area contributed by atoms with Crippen LogP contribution in [0.15, 0.2) is 23.6 Å². The summed E-state index contributed by atoms with van der Waals surface area (Å²) in [6.45, 7) is 3.98. The van der Waals surface area contributed by atoms with Crippen molar-refractivity contribution in [3.63, 3.8) is 0 Å². The summed E-state index contributed by atoms with van der Waals surface area (Å²) in [5.74, 6) is -0.547. The van der Waals surface area contributed by atoms with Crippen LogP contribution in [0.1, 0.15) is 16.1 Å². The number of aromatic nitrogens is 1. The second kappa shape index (κ2) is 7.27. The fourth-order valence-corrected chi connectivity index (χ4v) is 3.15. The number of anilines is 1. The number of ether oxygens (including phenoxy) is 1. The lowest BCUT2D eigenvalue weighted by molar-refractivity contribution is 0.0337. The highest BCUT2D eigenvalue weighted by Crippen LogP contribution is 2.24. The fourth-order valence-electron chi connectivity index (χ4n) is 2.28. The number of nitrogens with one attached hydrogen (secondary N) is 1. The fraction of sp³-hybridized carbons (Fsp3) is 0.333. The van der Waals surface area contributed by atoms with Crippen LogP contribution in [-0.2, 0) is 11.3 Å². The van der Waals surface area contributed by atoms with Gasteiger partial charge in [-0.15, -0.1) is 11.3 Å². The Balaban J connectivity index is 1.64. The van der Waals surface area contributed by atoms with Crippen LogP contribution in [0.2, 0.25) is 5.02 Å². The van der Waals surface area contributed by atoms with Crippen molar-refractivity contribution in [1.82, 2.24) is 9.88 Å². The quantitative estimate of drug-likeness (QED) is 0.883. The number of hydrogen-bond acceptors (Lipinski definition) is 6. The van der Waals surface area contributed by atoms with Crippen molar-refractivity contribution in [3.05, 3.63) is 39.9 Å². The minimum absolute atomic E-state index is 0.114. The second-order valence-electron chi connectivity index (χ2n) is 5.15. The SMILES string of the molecule is O=C(Nc1nc(CN2CCOCC2)cs1)c1cc(Cl)ccc1O. The van der Waals surface area contributed by atoms with Crippen LogP contribution in [0.5, 0.6) is 5.75 Å². The molecule has 122 valence electrons. The van der Waals surface area contributed by atoms with E-state index in [0.29, 0.717) is 10.2 Å². The molecule has 1 aliphatic heterocycles. The van der Waals surface area contributed by atoms with Gasteiger partial charge in [0.15, 0.2) is 5.13 Å². The molecule has 2 heterocycles. The molecule has 0 unspecified atom stereocenters. The zero-order valence-electron chi connectivity index (χ0n) is 12.3. The Hall–Kier alpha value is -1.67. The first kappa shape index (κ1) is 16.2. The lowest BCUT2D eigenvalue weighted by Gasteiger charge is -2.25. The molecule has 2 aromatic rings. The van der Waals surface area contributed by atoms with Crippen molar-refractivity contribution in [2.75, 3.05) is 31.6 Å². The van der Waals surface area contributed by atoms with Gasteiger partial charge in [0.1, 0.15) is 5.75 Å². The molecule has 1 saturated heterocycles. The molecular formula is C15H16ClN3O3S. The van der Waals surface area contributed by atoms with E-state index in [-0.39, 0.29) is 11.3 Å². The lowest BCUT2D eigenvalue weighted by Crippen LogP contribution is -2.35. The van der Waals surface area contributed by atoms with Gasteiger partial charge in [0.25, 0.3) is 5.91 Å². The summed E-state index contributed by atoms with van der Waals surface area (Å²) in [5.41, 5.74) is 1.03. The Morgan fingerprint density at radius 3 is 3.00 bits per heavy atom. The number of nitrogens with zero attached hydrogens (tertiary/aromatic N) is 2. The highest BCUT2D eigenvalue weighted by atomic mass is 35.5. The van der Waals surface area contributed by atoms with Crippen LogP contribution in [0, 0.1) is 0 Å². The summed E-state index contributed by atoms with van der Waals surface area (Å²) in [6, 6.07) is 4.34. The van der Waals surface area contributed by atoms with Crippen LogP contribution in [-0.4, -0.2) is 47.2 Å². The zero-order valence-corrected chi connectivity index (χ0v) is 13.9. The summed E-state index contributed by atoms with van der Waals surface area (Å²) in [6.07, 6.45) is 0. The molecule has 1 aromatic heterocycles. The molecule has 1 aromatic carbocycles. The van der Waals surface area contributed by atoms with Crippen LogP contribution in [0.3, 0.4) is 0 Å². The van der Waals surface area contributed by atoms with E-state index in [1.54, 1.807) is 0 Å². The Kier molecular flexibility index (Phi) is 5.12. The number of phenols is 1. The molecule has 0 radical (unpaired) electrons. The standard InChI is InChI=1S/C15H16ClN3O3S/c16-10-1-2-13(20)12(7-10)14(21)18-15-17-11(9-23-15)8-19-3-5-22-6-4-19/h1-2,7,9,20H,3-6,8H2,(H,17,18,21). The number of hydrogen-bond donors (Lipinski definition) is 2. The molecule has 6 nitrogen and oxygen atoms in total. The summed E-state index contributed by atoms with van der Waals surface area (Å²) in [5, 5.41) is 15.2. The van der Waals surface area contributed by atoms with Gasteiger partial charge in [-0.2, -0.15) is 0 Å². The van der Waals surface area contributed by atoms with E-state index in [2.05, 4.69) is 15.2 Å². The average Bonchev–Trinajstić information content (AvgIpc) is 2.97. The highest BCUT2D eigenvalue weighted by Gasteiger charge is 2.16. The number of morpholine rings is 1. The van der Waals surface area contributed by atoms with Crippen LogP contribution in [0.4, 0.5) is 5.13 Å². The molecule has 0 bridgehead atoms. The summed E-state index contributed by atoms with van der Waals surface area (Å²) in [4.78, 5) is 18.9. The predicted molar refractivity (Wildman–Crippen MR) is 89.3 cm³/mol. The van der Waals surface area contributed by atoms with E-state index in [9.17, 15) is 9.90 Å². The normalized spacial score (nSPS) is 15.5. The van der Waals surface area contributed by atoms with Gasteiger partial charge < -0.3 is 9.84 Å². The Morgan fingerprint density at radius 2 is 2.22 bits per heavy atom. The third kappa shape index (κ3) is 4.20. The molecular weight excluding hydrogens is 338 g/mol. The molecule has 0 saturated carbocycles. The maximum Gasteiger partial charge on any atom is 0.261 e. The third-order valence-corrected chi connectivity index (χ3v) is 4.51. The molecule has 0 atom stereocenters. The van der Waals surface area contributed by atoms with Crippen molar-refractivity contribution >= 4 is 34.0 Å². The van der Waals surface area contributed by atoms with E-state index < -0.39 is 5.91 Å². The number of thiazole rings is 1. The monoisotopic (exact) mass is 353 g/mol. The lowest BCUT2D eigenvalue weighted by atomic mass is 10.2. The van der Waals surface area contributed by atoms with Gasteiger partial charge >= 0.3 is 0 Å². The molecule has 0 aliphatic carbocycles. The highest BCUT2D eigenvalue weighted by molar-refractivity contribution is 7.14. The van der Waals surface area contributed by atoms with Crippen molar-refractivity contribution < 1.29 is 14.6 Å². The number of phenolic OH excluding ortho intramolecular Hbond substituents is 1. The largest absolute Gasteiger partial charge is 0.507 e. The molecule has 8 heteroatoms. The Morgan fingerprint density at radius 1 is 1.43 bits per heavy atom. The number of amides is 1. The van der Waals surface area contributed by atoms with Crippen LogP contribution < -0.4 is 5.32 Å². The van der Waals surface area contributed by atoms with Crippen molar-refractivity contribution in [1.29, 1.82) is 0 Å². The van der Waals surface area contributed by atoms with Gasteiger partial charge in [-0.3, -0.25) is 15.0 Å². The van der Waals surface area contributed by atoms with E-state index in [0.717, 1.165) is 38.5 Å². The minimum Gasteiger partial charge on any atom is -0.507 e. The van der Waals surface area contributed by atoms with Crippen molar-refractivity contribution in [2.45, 2.75) is 6.54 Å². The summed E-state index contributed by atoms with van der Waals surface area (Å²) >= 11 is 7.21. The molecule has 2 N–H and O–H groups in total. The Bertz CT molecular complexity index is 701. The second-order valence-corrected chi connectivity index (χ2v) is 6.44. The molecule has 23 heavy (non-hydrogen) atoms. The number of benzene rings is 1. The predicted octanol–water partition coefficient (Wildman–Crippen LogP) is 2.59. The van der Waals surface area contributed by atoms with E-state index in [1.165, 1.54) is 29.5 Å². The number of carbonyl (C=O) groups is 1. The van der Waals surface area contributed by atoms with Gasteiger partial charge in [0.2, 0.25) is 0 Å². The third-order valence-electron chi connectivity index (χ3n) is 3.46. The molecule has 1 amide bonds. The van der Waals surface area contributed by atoms with Gasteiger partial charge in [0.05, 0.1) is 24.5 Å². The first-order valence-electron chi connectivity index (χ1n) is 7.16. The van der Waals surface area contributed by atoms with Gasteiger partial charge in [-0.05, 0) is 18.2 Å². The molecule has 0 spiro atoms. The smallest absolute Gasteiger partial charge is 0.261 e. The van der Waals surface area contributed by atoms with Crippen molar-refractivity contribution in [2.24, 2.45) is 0 Å². The van der Waals surface area contributed by atoms with E-state index in [4.69, 9.17) is 16.3 Å². The number of rotatable bonds is 4. The van der Waals surface area contributed by atoms with Crippen LogP contribution >= 0.6 is 22.9 Å². The maximum absolute atomic E-state index is 12.2. The topological polar surface area (TPSA) is 74.7 Å². The summed E-state index contributed by atoms with van der Waals surface area (Å²) in [7, 11) is 0. The van der Waals surface area contributed by atoms with Crippen LogP contribution in [0.25, 0.3) is 0 Å².